The Morgan fingerprint density at radius 1 is 1.75 bits per heavy atom. The van der Waals surface area contributed by atoms with Gasteiger partial charge in [-0.3, -0.25) is 4.79 Å². The Morgan fingerprint density at radius 2 is 2.25 bits per heavy atom. The predicted molar refractivity (Wildman–Crippen MR) is 47.4 cm³/mol. The number of aliphatic hydroxyl groups is 1. The molecule has 0 saturated carbocycles. The van der Waals surface area contributed by atoms with Crippen molar-refractivity contribution in [1.29, 1.82) is 0 Å². The summed E-state index contributed by atoms with van der Waals surface area (Å²) in [5.41, 5.74) is -1.33. The zero-order chi connectivity index (χ0) is 9.78. The fourth-order valence-electron chi connectivity index (χ4n) is 0.628. The fraction of sp³-hybridized carbons (Fsp3) is 0.667. The summed E-state index contributed by atoms with van der Waals surface area (Å²) >= 11 is 0. The highest BCUT2D eigenvalue weighted by Gasteiger charge is 2.24. The van der Waals surface area contributed by atoms with Crippen LogP contribution in [0.3, 0.4) is 0 Å². The monoisotopic (exact) mass is 169 g/mol. The van der Waals surface area contributed by atoms with E-state index >= 15 is 0 Å². The van der Waals surface area contributed by atoms with Crippen LogP contribution in [0.5, 0.6) is 0 Å². The van der Waals surface area contributed by atoms with Crippen molar-refractivity contribution in [1.82, 2.24) is 5.32 Å². The minimum absolute atomic E-state index is 0.0890. The van der Waals surface area contributed by atoms with Crippen LogP contribution in [0.2, 0.25) is 0 Å². The average molecular weight is 169 g/mol. The molecule has 1 atom stereocenters. The van der Waals surface area contributed by atoms with Gasteiger partial charge in [0.05, 0.1) is 0 Å². The first kappa shape index (κ1) is 11.0. The predicted octanol–water partition coefficient (Wildman–Crippen LogP) is 0.285. The molecule has 0 aliphatic carbocycles. The molecule has 0 aromatic heterocycles. The topological polar surface area (TPSA) is 49.3 Å². The Bertz CT molecular complexity index is 198. The first-order chi connectivity index (χ1) is 5.38. The SMILES string of the molecule is C#CCC(C)NC(=O)C(C)(C)O. The number of hydrogen-bond acceptors (Lipinski definition) is 2. The number of amides is 1. The highest BCUT2D eigenvalue weighted by molar-refractivity contribution is 5.84. The number of rotatable bonds is 3. The normalized spacial score (nSPS) is 13.2. The summed E-state index contributed by atoms with van der Waals surface area (Å²) in [7, 11) is 0. The highest BCUT2D eigenvalue weighted by Crippen LogP contribution is 2.01. The average Bonchev–Trinajstić information content (AvgIpc) is 1.85. The van der Waals surface area contributed by atoms with Crippen molar-refractivity contribution >= 4 is 5.91 Å². The Hall–Kier alpha value is -1.01. The molecule has 0 bridgehead atoms. The first-order valence-corrected chi connectivity index (χ1v) is 3.84. The third-order valence-electron chi connectivity index (χ3n) is 1.36. The molecule has 3 nitrogen and oxygen atoms in total. The van der Waals surface area contributed by atoms with Crippen molar-refractivity contribution in [3.8, 4) is 12.3 Å². The minimum Gasteiger partial charge on any atom is -0.381 e. The zero-order valence-corrected chi connectivity index (χ0v) is 7.72. The standard InChI is InChI=1S/C9H15NO2/c1-5-6-7(2)10-8(11)9(3,4)12/h1,7,12H,6H2,2-4H3,(H,10,11). The minimum atomic E-state index is -1.33. The van der Waals surface area contributed by atoms with Gasteiger partial charge in [0.25, 0.3) is 5.91 Å². The molecule has 1 amide bonds. The van der Waals surface area contributed by atoms with Crippen molar-refractivity contribution in [2.45, 2.75) is 38.8 Å². The van der Waals surface area contributed by atoms with E-state index in [4.69, 9.17) is 6.42 Å². The second-order valence-electron chi connectivity index (χ2n) is 3.34. The van der Waals surface area contributed by atoms with E-state index in [0.29, 0.717) is 6.42 Å². The smallest absolute Gasteiger partial charge is 0.251 e. The van der Waals surface area contributed by atoms with Crippen molar-refractivity contribution in [3.05, 3.63) is 0 Å². The van der Waals surface area contributed by atoms with Crippen LogP contribution in [0.15, 0.2) is 0 Å². The van der Waals surface area contributed by atoms with Crippen LogP contribution in [0.1, 0.15) is 27.2 Å². The quantitative estimate of drug-likeness (QED) is 0.596. The van der Waals surface area contributed by atoms with Crippen LogP contribution in [-0.4, -0.2) is 22.7 Å². The Balaban J connectivity index is 3.95. The van der Waals surface area contributed by atoms with E-state index in [1.165, 1.54) is 13.8 Å². The van der Waals surface area contributed by atoms with Crippen LogP contribution in [0, 0.1) is 12.3 Å². The van der Waals surface area contributed by atoms with Crippen molar-refractivity contribution in [2.24, 2.45) is 0 Å². The van der Waals surface area contributed by atoms with Gasteiger partial charge in [-0.05, 0) is 20.8 Å². The molecule has 0 heterocycles. The van der Waals surface area contributed by atoms with Gasteiger partial charge in [0, 0.05) is 12.5 Å². The lowest BCUT2D eigenvalue weighted by molar-refractivity contribution is -0.137. The third-order valence-corrected chi connectivity index (χ3v) is 1.36. The number of nitrogens with one attached hydrogen (secondary N) is 1. The molecule has 0 rings (SSSR count). The molecule has 12 heavy (non-hydrogen) atoms. The zero-order valence-electron chi connectivity index (χ0n) is 7.72. The molecular weight excluding hydrogens is 154 g/mol. The molecule has 0 radical (unpaired) electrons. The lowest BCUT2D eigenvalue weighted by Gasteiger charge is -2.19. The molecule has 0 aromatic rings. The van der Waals surface area contributed by atoms with Crippen molar-refractivity contribution in [3.63, 3.8) is 0 Å². The van der Waals surface area contributed by atoms with Gasteiger partial charge in [-0.25, -0.2) is 0 Å². The molecular formula is C9H15NO2. The maximum atomic E-state index is 11.1. The fourth-order valence-corrected chi connectivity index (χ4v) is 0.628. The molecule has 0 fully saturated rings. The Kier molecular flexibility index (Phi) is 3.78. The summed E-state index contributed by atoms with van der Waals surface area (Å²) in [6.07, 6.45) is 5.52. The maximum absolute atomic E-state index is 11.1. The Morgan fingerprint density at radius 3 is 2.58 bits per heavy atom. The van der Waals surface area contributed by atoms with E-state index < -0.39 is 11.5 Å². The second-order valence-corrected chi connectivity index (χ2v) is 3.34. The third kappa shape index (κ3) is 3.99. The van der Waals surface area contributed by atoms with Gasteiger partial charge in [-0.15, -0.1) is 12.3 Å². The van der Waals surface area contributed by atoms with Crippen molar-refractivity contribution in [2.75, 3.05) is 0 Å². The van der Waals surface area contributed by atoms with Crippen LogP contribution in [-0.2, 0) is 4.79 Å². The van der Waals surface area contributed by atoms with E-state index in [1.807, 2.05) is 0 Å². The molecule has 2 N–H and O–H groups in total. The lowest BCUT2D eigenvalue weighted by Crippen LogP contribution is -2.45. The van der Waals surface area contributed by atoms with E-state index in [9.17, 15) is 9.90 Å². The summed E-state index contributed by atoms with van der Waals surface area (Å²) in [5, 5.41) is 11.8. The summed E-state index contributed by atoms with van der Waals surface area (Å²) in [4.78, 5) is 11.1. The first-order valence-electron chi connectivity index (χ1n) is 3.84. The molecule has 0 spiro atoms. The van der Waals surface area contributed by atoms with Crippen LogP contribution in [0.4, 0.5) is 0 Å². The second kappa shape index (κ2) is 4.13. The van der Waals surface area contributed by atoms with Gasteiger partial charge in [0.2, 0.25) is 0 Å². The number of carbonyl (C=O) groups excluding carboxylic acids is 1. The van der Waals surface area contributed by atoms with Crippen LogP contribution < -0.4 is 5.32 Å². The summed E-state index contributed by atoms with van der Waals surface area (Å²) in [6, 6.07) is -0.0890. The Labute approximate surface area is 73.2 Å². The number of hydrogen-bond donors (Lipinski definition) is 2. The molecule has 0 aliphatic heterocycles. The summed E-state index contributed by atoms with van der Waals surface area (Å²) in [6.45, 7) is 4.67. The van der Waals surface area contributed by atoms with Crippen LogP contribution >= 0.6 is 0 Å². The summed E-state index contributed by atoms with van der Waals surface area (Å²) < 4.78 is 0. The number of carbonyl (C=O) groups is 1. The van der Waals surface area contributed by atoms with Gasteiger partial charge in [0.15, 0.2) is 0 Å². The highest BCUT2D eigenvalue weighted by atomic mass is 16.3. The van der Waals surface area contributed by atoms with Crippen molar-refractivity contribution < 1.29 is 9.90 Å². The summed E-state index contributed by atoms with van der Waals surface area (Å²) in [5.74, 6) is 2.03. The molecule has 68 valence electrons. The number of terminal acetylenes is 1. The van der Waals surface area contributed by atoms with E-state index in [-0.39, 0.29) is 6.04 Å². The molecule has 0 aliphatic rings. The van der Waals surface area contributed by atoms with Gasteiger partial charge < -0.3 is 10.4 Å². The molecule has 0 aromatic carbocycles. The van der Waals surface area contributed by atoms with E-state index in [2.05, 4.69) is 11.2 Å². The molecule has 0 saturated heterocycles. The van der Waals surface area contributed by atoms with E-state index in [1.54, 1.807) is 6.92 Å². The largest absolute Gasteiger partial charge is 0.381 e. The maximum Gasteiger partial charge on any atom is 0.251 e. The van der Waals surface area contributed by atoms with Crippen LogP contribution in [0.25, 0.3) is 0 Å². The molecule has 1 unspecified atom stereocenters. The van der Waals surface area contributed by atoms with Gasteiger partial charge in [-0.2, -0.15) is 0 Å². The molecule has 3 heteroatoms. The van der Waals surface area contributed by atoms with Gasteiger partial charge in [0.1, 0.15) is 5.60 Å². The van der Waals surface area contributed by atoms with E-state index in [0.717, 1.165) is 0 Å². The van der Waals surface area contributed by atoms with Gasteiger partial charge >= 0.3 is 0 Å². The van der Waals surface area contributed by atoms with Gasteiger partial charge in [-0.1, -0.05) is 0 Å². The lowest BCUT2D eigenvalue weighted by atomic mass is 10.1.